The molecule has 0 bridgehead atoms. The van der Waals surface area contributed by atoms with E-state index >= 15 is 0 Å². The monoisotopic (exact) mass is 264 g/mol. The van der Waals surface area contributed by atoms with Crippen LogP contribution in [-0.4, -0.2) is 9.76 Å². The molecule has 0 heterocycles. The molecule has 0 saturated heterocycles. The fourth-order valence-corrected chi connectivity index (χ4v) is 4.33. The summed E-state index contributed by atoms with van der Waals surface area (Å²) in [7, 11) is -0.435. The Kier molecular flexibility index (Phi) is 7.29. The first-order chi connectivity index (χ1) is 8.69. The molecule has 102 valence electrons. The molecule has 18 heavy (non-hydrogen) atoms. The van der Waals surface area contributed by atoms with Gasteiger partial charge in [-0.1, -0.05) is 70.9 Å². The molecular weight excluding hydrogens is 236 g/mol. The van der Waals surface area contributed by atoms with Gasteiger partial charge < -0.3 is 4.43 Å². The predicted molar refractivity (Wildman–Crippen MR) is 82.4 cm³/mol. The van der Waals surface area contributed by atoms with Crippen molar-refractivity contribution in [1.82, 2.24) is 0 Å². The van der Waals surface area contributed by atoms with Gasteiger partial charge in [0.25, 0.3) is 0 Å². The van der Waals surface area contributed by atoms with E-state index < -0.39 is 9.76 Å². The van der Waals surface area contributed by atoms with E-state index in [0.717, 1.165) is 24.0 Å². The summed E-state index contributed by atoms with van der Waals surface area (Å²) in [4.78, 5) is 0. The average Bonchev–Trinajstić information content (AvgIpc) is 2.43. The summed E-state index contributed by atoms with van der Waals surface area (Å²) in [5, 5.41) is 0. The highest BCUT2D eigenvalue weighted by atomic mass is 28.2. The third-order valence-corrected chi connectivity index (χ3v) is 6.61. The minimum Gasteiger partial charge on any atom is -0.419 e. The molecule has 1 nitrogen and oxygen atoms in total. The quantitative estimate of drug-likeness (QED) is 0.640. The van der Waals surface area contributed by atoms with Gasteiger partial charge in [-0.2, -0.15) is 0 Å². The Hall–Kier alpha value is -0.603. The van der Waals surface area contributed by atoms with Crippen molar-refractivity contribution in [3.8, 4) is 0 Å². The van der Waals surface area contributed by atoms with Crippen molar-refractivity contribution >= 4 is 9.76 Å². The van der Waals surface area contributed by atoms with Gasteiger partial charge in [-0.05, 0) is 22.9 Å². The zero-order valence-corrected chi connectivity index (χ0v) is 13.8. The summed E-state index contributed by atoms with van der Waals surface area (Å²) in [5.74, 6) is 1.62. The third-order valence-electron chi connectivity index (χ3n) is 4.17. The van der Waals surface area contributed by atoms with Crippen LogP contribution in [0, 0.1) is 11.8 Å². The minimum absolute atomic E-state index is 0.435. The van der Waals surface area contributed by atoms with Gasteiger partial charge in [0.1, 0.15) is 0 Å². The van der Waals surface area contributed by atoms with Crippen LogP contribution < -0.4 is 0 Å². The van der Waals surface area contributed by atoms with Crippen molar-refractivity contribution in [2.75, 3.05) is 0 Å². The van der Waals surface area contributed by atoms with E-state index in [4.69, 9.17) is 4.43 Å². The summed E-state index contributed by atoms with van der Waals surface area (Å²) in [6, 6.07) is 10.5. The van der Waals surface area contributed by atoms with E-state index in [1.165, 1.54) is 18.4 Å². The summed E-state index contributed by atoms with van der Waals surface area (Å²) < 4.78 is 6.07. The Morgan fingerprint density at radius 2 is 1.56 bits per heavy atom. The molecule has 1 aromatic carbocycles. The first-order valence-corrected chi connectivity index (χ1v) is 8.70. The standard InChI is InChI=1S/C16H28OSi/c1-5-13(3)16(14(4)6-2)18-17-12-15-10-8-7-9-11-15/h7-11,13-14,16H,5-6,12,18H2,1-4H3. The molecule has 0 N–H and O–H groups in total. The van der Waals surface area contributed by atoms with Crippen LogP contribution in [0.3, 0.4) is 0 Å². The smallest absolute Gasteiger partial charge is 0.165 e. The third kappa shape index (κ3) is 4.95. The molecule has 0 aliphatic heterocycles. The number of benzene rings is 1. The largest absolute Gasteiger partial charge is 0.419 e. The fourth-order valence-electron chi connectivity index (χ4n) is 2.38. The molecule has 0 spiro atoms. The number of hydrogen-bond acceptors (Lipinski definition) is 1. The maximum atomic E-state index is 6.07. The predicted octanol–water partition coefficient (Wildman–Crippen LogP) is 4.17. The van der Waals surface area contributed by atoms with Crippen LogP contribution in [0.1, 0.15) is 46.1 Å². The average molecular weight is 264 g/mol. The van der Waals surface area contributed by atoms with E-state index in [0.29, 0.717) is 0 Å². The maximum Gasteiger partial charge on any atom is 0.165 e. The normalized spacial score (nSPS) is 16.9. The second kappa shape index (κ2) is 8.49. The van der Waals surface area contributed by atoms with Gasteiger partial charge in [0.2, 0.25) is 0 Å². The lowest BCUT2D eigenvalue weighted by molar-refractivity contribution is 0.286. The molecular formula is C16H28OSi. The van der Waals surface area contributed by atoms with Crippen LogP contribution in [0.5, 0.6) is 0 Å². The van der Waals surface area contributed by atoms with Crippen LogP contribution in [0.2, 0.25) is 5.54 Å². The van der Waals surface area contributed by atoms with Crippen LogP contribution in [-0.2, 0) is 11.0 Å². The molecule has 0 fully saturated rings. The van der Waals surface area contributed by atoms with Gasteiger partial charge in [0.15, 0.2) is 9.76 Å². The fraction of sp³-hybridized carbons (Fsp3) is 0.625. The first kappa shape index (κ1) is 15.5. The van der Waals surface area contributed by atoms with Crippen LogP contribution in [0.4, 0.5) is 0 Å². The molecule has 2 atom stereocenters. The van der Waals surface area contributed by atoms with Gasteiger partial charge in [-0.15, -0.1) is 0 Å². The van der Waals surface area contributed by atoms with Crippen molar-refractivity contribution < 1.29 is 4.43 Å². The molecule has 0 radical (unpaired) electrons. The van der Waals surface area contributed by atoms with Crippen LogP contribution in [0.15, 0.2) is 30.3 Å². The SMILES string of the molecule is CCC(C)C([SiH2]OCc1ccccc1)C(C)CC. The van der Waals surface area contributed by atoms with Gasteiger partial charge >= 0.3 is 0 Å². The molecule has 0 amide bonds. The molecule has 0 aromatic heterocycles. The Morgan fingerprint density at radius 3 is 2.06 bits per heavy atom. The molecule has 1 rings (SSSR count). The van der Waals surface area contributed by atoms with E-state index in [2.05, 4.69) is 58.0 Å². The lowest BCUT2D eigenvalue weighted by Gasteiger charge is -2.27. The lowest BCUT2D eigenvalue weighted by Crippen LogP contribution is -2.21. The Labute approximate surface area is 115 Å². The second-order valence-corrected chi connectivity index (χ2v) is 7.12. The number of rotatable bonds is 8. The summed E-state index contributed by atoms with van der Waals surface area (Å²) in [5.41, 5.74) is 2.13. The Bertz CT molecular complexity index is 302. The van der Waals surface area contributed by atoms with E-state index in [9.17, 15) is 0 Å². The van der Waals surface area contributed by atoms with Crippen molar-refractivity contribution in [3.63, 3.8) is 0 Å². The van der Waals surface area contributed by atoms with Gasteiger partial charge in [-0.25, -0.2) is 0 Å². The maximum absolute atomic E-state index is 6.07. The topological polar surface area (TPSA) is 9.23 Å². The summed E-state index contributed by atoms with van der Waals surface area (Å²) in [6.07, 6.45) is 2.55. The molecule has 2 heteroatoms. The molecule has 2 unspecified atom stereocenters. The van der Waals surface area contributed by atoms with E-state index in [1.54, 1.807) is 0 Å². The molecule has 0 aliphatic carbocycles. The summed E-state index contributed by atoms with van der Waals surface area (Å²) in [6.45, 7) is 10.2. The van der Waals surface area contributed by atoms with E-state index in [1.807, 2.05) is 0 Å². The second-order valence-electron chi connectivity index (χ2n) is 5.44. The van der Waals surface area contributed by atoms with Crippen molar-refractivity contribution in [3.05, 3.63) is 35.9 Å². The van der Waals surface area contributed by atoms with Gasteiger partial charge in [0, 0.05) is 0 Å². The number of hydrogen-bond donors (Lipinski definition) is 0. The zero-order valence-electron chi connectivity index (χ0n) is 12.4. The van der Waals surface area contributed by atoms with Crippen molar-refractivity contribution in [1.29, 1.82) is 0 Å². The highest BCUT2D eigenvalue weighted by molar-refractivity contribution is 6.29. The Morgan fingerprint density at radius 1 is 1.00 bits per heavy atom. The lowest BCUT2D eigenvalue weighted by atomic mass is 9.93. The van der Waals surface area contributed by atoms with Crippen LogP contribution in [0.25, 0.3) is 0 Å². The minimum atomic E-state index is -0.435. The highest BCUT2D eigenvalue weighted by Gasteiger charge is 2.22. The van der Waals surface area contributed by atoms with Gasteiger partial charge in [0.05, 0.1) is 6.61 Å². The van der Waals surface area contributed by atoms with E-state index in [-0.39, 0.29) is 0 Å². The zero-order chi connectivity index (χ0) is 13.4. The van der Waals surface area contributed by atoms with Crippen LogP contribution >= 0.6 is 0 Å². The van der Waals surface area contributed by atoms with Crippen molar-refractivity contribution in [2.24, 2.45) is 11.8 Å². The first-order valence-electron chi connectivity index (χ1n) is 7.30. The van der Waals surface area contributed by atoms with Gasteiger partial charge in [-0.3, -0.25) is 0 Å². The van der Waals surface area contributed by atoms with Crippen molar-refractivity contribution in [2.45, 2.75) is 52.7 Å². The molecule has 0 aliphatic rings. The molecule has 0 saturated carbocycles. The summed E-state index contributed by atoms with van der Waals surface area (Å²) >= 11 is 0. The Balaban J connectivity index is 2.42. The molecule has 1 aromatic rings. The highest BCUT2D eigenvalue weighted by Crippen LogP contribution is 2.31.